The molecule has 0 amide bonds. The van der Waals surface area contributed by atoms with Crippen molar-refractivity contribution in [2.45, 2.75) is 0 Å². The minimum absolute atomic E-state index is 0.445. The minimum Gasteiger partial charge on any atom is -0.368 e. The van der Waals surface area contributed by atoms with E-state index >= 15 is 0 Å². The summed E-state index contributed by atoms with van der Waals surface area (Å²) in [6, 6.07) is 7.94. The van der Waals surface area contributed by atoms with Gasteiger partial charge in [0.2, 0.25) is 0 Å². The molecule has 3 rings (SSSR count). The monoisotopic (exact) mass is 386 g/mol. The van der Waals surface area contributed by atoms with Gasteiger partial charge in [-0.3, -0.25) is 0 Å². The zero-order valence-corrected chi connectivity index (χ0v) is 14.2. The summed E-state index contributed by atoms with van der Waals surface area (Å²) in [5, 5.41) is 1.21. The maximum Gasteiger partial charge on any atom is 0.148 e. The zero-order chi connectivity index (χ0) is 14.8. The molecule has 2 heterocycles. The average molecular weight is 388 g/mol. The van der Waals surface area contributed by atoms with Crippen molar-refractivity contribution < 1.29 is 0 Å². The van der Waals surface area contributed by atoms with E-state index in [4.69, 9.17) is 23.2 Å². The Morgan fingerprint density at radius 2 is 1.52 bits per heavy atom. The number of piperazine rings is 1. The summed E-state index contributed by atoms with van der Waals surface area (Å²) in [7, 11) is 0. The number of halogens is 3. The maximum atomic E-state index is 6.02. The van der Waals surface area contributed by atoms with Gasteiger partial charge in [-0.1, -0.05) is 23.2 Å². The van der Waals surface area contributed by atoms with Crippen molar-refractivity contribution in [3.63, 3.8) is 0 Å². The van der Waals surface area contributed by atoms with Crippen LogP contribution in [0.2, 0.25) is 10.2 Å². The van der Waals surface area contributed by atoms with Crippen molar-refractivity contribution in [2.24, 2.45) is 0 Å². The van der Waals surface area contributed by atoms with Gasteiger partial charge in [-0.25, -0.2) is 9.97 Å². The summed E-state index contributed by atoms with van der Waals surface area (Å²) in [5.74, 6) is 0.853. The SMILES string of the molecule is Clc1ccc(N2CCN(c3ncnc(Cl)c3Br)CC2)cc1. The van der Waals surface area contributed by atoms with Crippen LogP contribution in [0.15, 0.2) is 35.1 Å². The van der Waals surface area contributed by atoms with E-state index in [1.807, 2.05) is 12.1 Å². The Morgan fingerprint density at radius 3 is 2.19 bits per heavy atom. The van der Waals surface area contributed by atoms with Gasteiger partial charge in [-0.15, -0.1) is 0 Å². The molecule has 4 nitrogen and oxygen atoms in total. The lowest BCUT2D eigenvalue weighted by molar-refractivity contribution is 0.645. The fraction of sp³-hybridized carbons (Fsp3) is 0.286. The molecule has 0 unspecified atom stereocenters. The van der Waals surface area contributed by atoms with Crippen molar-refractivity contribution >= 4 is 50.6 Å². The molecule has 0 saturated carbocycles. The topological polar surface area (TPSA) is 32.3 Å². The van der Waals surface area contributed by atoms with Crippen LogP contribution >= 0.6 is 39.1 Å². The van der Waals surface area contributed by atoms with E-state index in [9.17, 15) is 0 Å². The Balaban J connectivity index is 1.70. The summed E-state index contributed by atoms with van der Waals surface area (Å²) >= 11 is 15.4. The highest BCUT2D eigenvalue weighted by Crippen LogP contribution is 2.30. The molecule has 7 heteroatoms. The van der Waals surface area contributed by atoms with E-state index in [-0.39, 0.29) is 0 Å². The molecule has 0 bridgehead atoms. The van der Waals surface area contributed by atoms with E-state index < -0.39 is 0 Å². The highest BCUT2D eigenvalue weighted by molar-refractivity contribution is 9.10. The summed E-state index contributed by atoms with van der Waals surface area (Å²) in [4.78, 5) is 12.8. The van der Waals surface area contributed by atoms with Crippen LogP contribution in [-0.2, 0) is 0 Å². The zero-order valence-electron chi connectivity index (χ0n) is 11.1. The van der Waals surface area contributed by atoms with Gasteiger partial charge in [0, 0.05) is 36.9 Å². The fourth-order valence-corrected chi connectivity index (χ4v) is 3.10. The molecule has 1 aromatic carbocycles. The first-order valence-electron chi connectivity index (χ1n) is 6.56. The van der Waals surface area contributed by atoms with Crippen LogP contribution < -0.4 is 9.80 Å². The van der Waals surface area contributed by atoms with Crippen LogP contribution in [0.1, 0.15) is 0 Å². The second kappa shape index (κ2) is 6.38. The van der Waals surface area contributed by atoms with Gasteiger partial charge in [0.15, 0.2) is 0 Å². The number of aromatic nitrogens is 2. The standard InChI is InChI=1S/C14H13BrCl2N4/c15-12-13(17)18-9-19-14(12)21-7-5-20(6-8-21)11-3-1-10(16)2-4-11/h1-4,9H,5-8H2. The van der Waals surface area contributed by atoms with Crippen LogP contribution in [0.5, 0.6) is 0 Å². The summed E-state index contributed by atoms with van der Waals surface area (Å²) < 4.78 is 0.756. The molecule has 0 radical (unpaired) electrons. The Bertz CT molecular complexity index is 627. The number of benzene rings is 1. The molecule has 0 aliphatic carbocycles. The third-order valence-electron chi connectivity index (χ3n) is 3.50. The van der Waals surface area contributed by atoms with Gasteiger partial charge in [-0.05, 0) is 40.2 Å². The first kappa shape index (κ1) is 14.9. The van der Waals surface area contributed by atoms with Crippen LogP contribution in [0, 0.1) is 0 Å². The second-order valence-corrected chi connectivity index (χ2v) is 6.34. The van der Waals surface area contributed by atoms with Gasteiger partial charge in [0.1, 0.15) is 17.3 Å². The lowest BCUT2D eigenvalue weighted by atomic mass is 10.2. The molecule has 21 heavy (non-hydrogen) atoms. The quantitative estimate of drug-likeness (QED) is 0.732. The minimum atomic E-state index is 0.445. The molecular formula is C14H13BrCl2N4. The van der Waals surface area contributed by atoms with E-state index in [0.717, 1.165) is 41.5 Å². The third kappa shape index (κ3) is 3.25. The van der Waals surface area contributed by atoms with E-state index in [1.165, 1.54) is 12.0 Å². The molecule has 2 aromatic rings. The Kier molecular flexibility index (Phi) is 4.52. The molecule has 1 aliphatic rings. The van der Waals surface area contributed by atoms with Crippen molar-refractivity contribution in [1.82, 2.24) is 9.97 Å². The summed E-state index contributed by atoms with van der Waals surface area (Å²) in [6.45, 7) is 3.62. The molecule has 1 saturated heterocycles. The molecule has 110 valence electrons. The smallest absolute Gasteiger partial charge is 0.148 e. The fourth-order valence-electron chi connectivity index (χ4n) is 2.39. The van der Waals surface area contributed by atoms with Crippen molar-refractivity contribution in [3.8, 4) is 0 Å². The summed E-state index contributed by atoms with van der Waals surface area (Å²) in [6.07, 6.45) is 1.49. The normalized spacial score (nSPS) is 15.4. The van der Waals surface area contributed by atoms with E-state index in [2.05, 4.69) is 47.8 Å². The number of hydrogen-bond acceptors (Lipinski definition) is 4. The highest BCUT2D eigenvalue weighted by Gasteiger charge is 2.21. The van der Waals surface area contributed by atoms with Gasteiger partial charge >= 0.3 is 0 Å². The van der Waals surface area contributed by atoms with E-state index in [0.29, 0.717) is 5.15 Å². The Hall–Kier alpha value is -1.04. The summed E-state index contributed by atoms with van der Waals surface area (Å²) in [5.41, 5.74) is 1.19. The van der Waals surface area contributed by atoms with Crippen LogP contribution in [0.3, 0.4) is 0 Å². The van der Waals surface area contributed by atoms with Crippen LogP contribution in [0.25, 0.3) is 0 Å². The van der Waals surface area contributed by atoms with Crippen molar-refractivity contribution in [1.29, 1.82) is 0 Å². The van der Waals surface area contributed by atoms with Crippen molar-refractivity contribution in [2.75, 3.05) is 36.0 Å². The lowest BCUT2D eigenvalue weighted by Gasteiger charge is -2.37. The molecule has 0 atom stereocenters. The highest BCUT2D eigenvalue weighted by atomic mass is 79.9. The average Bonchev–Trinajstić information content (AvgIpc) is 2.51. The number of nitrogens with zero attached hydrogens (tertiary/aromatic N) is 4. The third-order valence-corrected chi connectivity index (χ3v) is 5.00. The largest absolute Gasteiger partial charge is 0.368 e. The van der Waals surface area contributed by atoms with E-state index in [1.54, 1.807) is 0 Å². The molecular weight excluding hydrogens is 375 g/mol. The van der Waals surface area contributed by atoms with Gasteiger partial charge < -0.3 is 9.80 Å². The van der Waals surface area contributed by atoms with Gasteiger partial charge in [0.05, 0.1) is 4.47 Å². The number of rotatable bonds is 2. The van der Waals surface area contributed by atoms with Crippen molar-refractivity contribution in [3.05, 3.63) is 45.2 Å². The first-order valence-corrected chi connectivity index (χ1v) is 8.11. The number of anilines is 2. The molecule has 0 spiro atoms. The Labute approximate surface area is 141 Å². The second-order valence-electron chi connectivity index (χ2n) is 4.75. The number of hydrogen-bond donors (Lipinski definition) is 0. The van der Waals surface area contributed by atoms with Crippen LogP contribution in [-0.4, -0.2) is 36.1 Å². The molecule has 0 N–H and O–H groups in total. The van der Waals surface area contributed by atoms with Gasteiger partial charge in [0.25, 0.3) is 0 Å². The first-order chi connectivity index (χ1) is 10.1. The predicted molar refractivity (Wildman–Crippen MR) is 90.6 cm³/mol. The van der Waals surface area contributed by atoms with Gasteiger partial charge in [-0.2, -0.15) is 0 Å². The molecule has 1 aromatic heterocycles. The Morgan fingerprint density at radius 1 is 0.905 bits per heavy atom. The molecule has 1 fully saturated rings. The molecule has 1 aliphatic heterocycles. The lowest BCUT2D eigenvalue weighted by Crippen LogP contribution is -2.47. The maximum absolute atomic E-state index is 6.02. The van der Waals surface area contributed by atoms with Crippen LogP contribution in [0.4, 0.5) is 11.5 Å². The predicted octanol–water partition coefficient (Wildman–Crippen LogP) is 3.87.